The molecule has 0 aliphatic heterocycles. The number of nitrogens with one attached hydrogen (secondary N) is 2. The summed E-state index contributed by atoms with van der Waals surface area (Å²) in [6, 6.07) is 10.9. The van der Waals surface area contributed by atoms with Gasteiger partial charge in [0.25, 0.3) is 11.8 Å². The van der Waals surface area contributed by atoms with Crippen LogP contribution in [0.1, 0.15) is 38.7 Å². The summed E-state index contributed by atoms with van der Waals surface area (Å²) in [5, 5.41) is 0. The van der Waals surface area contributed by atoms with Gasteiger partial charge < -0.3 is 4.74 Å². The molecule has 0 fully saturated rings. The molecule has 0 aliphatic carbocycles. The van der Waals surface area contributed by atoms with Crippen LogP contribution in [0.3, 0.4) is 0 Å². The van der Waals surface area contributed by atoms with Crippen LogP contribution in [0.2, 0.25) is 0 Å². The Kier molecular flexibility index (Phi) is 5.90. The number of carbonyl (C=O) groups is 2. The molecule has 2 aromatic rings. The molecule has 2 rings (SSSR count). The molecule has 0 saturated heterocycles. The predicted octanol–water partition coefficient (Wildman–Crippen LogP) is 2.77. The van der Waals surface area contributed by atoms with Gasteiger partial charge >= 0.3 is 0 Å². The second-order valence-electron chi connectivity index (χ2n) is 5.04. The maximum atomic E-state index is 12.2. The van der Waals surface area contributed by atoms with Gasteiger partial charge in [-0.3, -0.25) is 20.4 Å². The van der Waals surface area contributed by atoms with Crippen LogP contribution >= 0.6 is 11.3 Å². The first-order chi connectivity index (χ1) is 11.1. The summed E-state index contributed by atoms with van der Waals surface area (Å²) in [6.45, 7) is 4.02. The molecule has 0 aliphatic rings. The van der Waals surface area contributed by atoms with Crippen LogP contribution in [0.5, 0.6) is 0 Å². The van der Waals surface area contributed by atoms with E-state index in [0.717, 1.165) is 17.5 Å². The SMILES string of the molecule is CCc1sc(C(=O)NNC(=O)[C@H](OC)c2ccccc2)cc1C. The quantitative estimate of drug-likeness (QED) is 0.827. The fourth-order valence-corrected chi connectivity index (χ4v) is 3.26. The van der Waals surface area contributed by atoms with Gasteiger partial charge in [0.2, 0.25) is 0 Å². The molecular formula is C17H20N2O3S. The van der Waals surface area contributed by atoms with Gasteiger partial charge in [0.15, 0.2) is 6.10 Å². The molecule has 5 nitrogen and oxygen atoms in total. The van der Waals surface area contributed by atoms with Crippen molar-refractivity contribution in [3.05, 3.63) is 57.3 Å². The van der Waals surface area contributed by atoms with E-state index in [1.807, 2.05) is 38.1 Å². The molecule has 23 heavy (non-hydrogen) atoms. The average Bonchev–Trinajstić information content (AvgIpc) is 2.95. The van der Waals surface area contributed by atoms with Gasteiger partial charge in [-0.1, -0.05) is 37.3 Å². The normalized spacial score (nSPS) is 11.8. The average molecular weight is 332 g/mol. The van der Waals surface area contributed by atoms with E-state index in [2.05, 4.69) is 10.9 Å². The molecule has 1 aromatic carbocycles. The summed E-state index contributed by atoms with van der Waals surface area (Å²) >= 11 is 1.44. The van der Waals surface area contributed by atoms with Gasteiger partial charge in [-0.05, 0) is 30.5 Å². The fraction of sp³-hybridized carbons (Fsp3) is 0.294. The van der Waals surface area contributed by atoms with E-state index < -0.39 is 12.0 Å². The number of ether oxygens (including phenoxy) is 1. The minimum atomic E-state index is -0.771. The minimum absolute atomic E-state index is 0.325. The Bertz CT molecular complexity index is 682. The zero-order chi connectivity index (χ0) is 16.8. The Hall–Kier alpha value is -2.18. The molecule has 0 bridgehead atoms. The third kappa shape index (κ3) is 4.18. The number of hydrazine groups is 1. The Morgan fingerprint density at radius 1 is 1.22 bits per heavy atom. The first kappa shape index (κ1) is 17.2. The summed E-state index contributed by atoms with van der Waals surface area (Å²) in [6.07, 6.45) is 0.114. The molecule has 122 valence electrons. The lowest BCUT2D eigenvalue weighted by Crippen LogP contribution is -2.44. The highest BCUT2D eigenvalue weighted by Crippen LogP contribution is 2.22. The lowest BCUT2D eigenvalue weighted by atomic mass is 10.1. The van der Waals surface area contributed by atoms with E-state index in [-0.39, 0.29) is 5.91 Å². The van der Waals surface area contributed by atoms with E-state index in [1.54, 1.807) is 12.1 Å². The van der Waals surface area contributed by atoms with Crippen molar-refractivity contribution in [3.8, 4) is 0 Å². The second-order valence-corrected chi connectivity index (χ2v) is 6.18. The lowest BCUT2D eigenvalue weighted by molar-refractivity contribution is -0.132. The summed E-state index contributed by atoms with van der Waals surface area (Å²) in [5.74, 6) is -0.745. The molecule has 0 unspecified atom stereocenters. The number of amides is 2. The second kappa shape index (κ2) is 7.89. The molecule has 1 atom stereocenters. The van der Waals surface area contributed by atoms with Crippen molar-refractivity contribution in [2.45, 2.75) is 26.4 Å². The molecular weight excluding hydrogens is 312 g/mol. The Morgan fingerprint density at radius 2 is 1.91 bits per heavy atom. The zero-order valence-corrected chi connectivity index (χ0v) is 14.2. The highest BCUT2D eigenvalue weighted by Gasteiger charge is 2.21. The van der Waals surface area contributed by atoms with Crippen molar-refractivity contribution in [1.29, 1.82) is 0 Å². The number of thiophene rings is 1. The van der Waals surface area contributed by atoms with Crippen molar-refractivity contribution >= 4 is 23.2 Å². The zero-order valence-electron chi connectivity index (χ0n) is 13.4. The van der Waals surface area contributed by atoms with Gasteiger partial charge in [0, 0.05) is 12.0 Å². The molecule has 0 saturated carbocycles. The number of benzene rings is 1. The van der Waals surface area contributed by atoms with E-state index in [1.165, 1.54) is 23.3 Å². The first-order valence-electron chi connectivity index (χ1n) is 7.34. The maximum Gasteiger partial charge on any atom is 0.279 e. The maximum absolute atomic E-state index is 12.2. The largest absolute Gasteiger partial charge is 0.367 e. The van der Waals surface area contributed by atoms with Gasteiger partial charge in [0.1, 0.15) is 0 Å². The van der Waals surface area contributed by atoms with Crippen molar-refractivity contribution in [2.24, 2.45) is 0 Å². The molecule has 0 radical (unpaired) electrons. The third-order valence-electron chi connectivity index (χ3n) is 3.44. The Balaban J connectivity index is 1.98. The van der Waals surface area contributed by atoms with E-state index in [9.17, 15) is 9.59 Å². The highest BCUT2D eigenvalue weighted by atomic mass is 32.1. The Morgan fingerprint density at radius 3 is 2.48 bits per heavy atom. The Labute approximate surface area is 139 Å². The molecule has 2 N–H and O–H groups in total. The lowest BCUT2D eigenvalue weighted by Gasteiger charge is -2.15. The van der Waals surface area contributed by atoms with Crippen LogP contribution in [0, 0.1) is 6.92 Å². The number of methoxy groups -OCH3 is 1. The standard InChI is InChI=1S/C17H20N2O3S/c1-4-13-11(2)10-14(23-13)16(20)18-19-17(21)15(22-3)12-8-6-5-7-9-12/h5-10,15H,4H2,1-3H3,(H,18,20)(H,19,21)/t15-/m1/s1. The third-order valence-corrected chi connectivity index (χ3v) is 4.82. The summed E-state index contributed by atoms with van der Waals surface area (Å²) < 4.78 is 5.22. The smallest absolute Gasteiger partial charge is 0.279 e. The fourth-order valence-electron chi connectivity index (χ4n) is 2.25. The molecule has 0 spiro atoms. The van der Waals surface area contributed by atoms with Gasteiger partial charge in [0.05, 0.1) is 4.88 Å². The van der Waals surface area contributed by atoms with E-state index in [0.29, 0.717) is 4.88 Å². The summed E-state index contributed by atoms with van der Waals surface area (Å²) in [7, 11) is 1.45. The topological polar surface area (TPSA) is 67.4 Å². The van der Waals surface area contributed by atoms with Gasteiger partial charge in [-0.25, -0.2) is 0 Å². The van der Waals surface area contributed by atoms with Crippen LogP contribution in [0.15, 0.2) is 36.4 Å². The van der Waals surface area contributed by atoms with E-state index >= 15 is 0 Å². The van der Waals surface area contributed by atoms with Crippen LogP contribution in [-0.2, 0) is 16.0 Å². The van der Waals surface area contributed by atoms with Crippen molar-refractivity contribution < 1.29 is 14.3 Å². The molecule has 1 aromatic heterocycles. The monoisotopic (exact) mass is 332 g/mol. The van der Waals surface area contributed by atoms with Crippen molar-refractivity contribution in [3.63, 3.8) is 0 Å². The number of hydrogen-bond donors (Lipinski definition) is 2. The van der Waals surface area contributed by atoms with Crippen molar-refractivity contribution in [2.75, 3.05) is 7.11 Å². The first-order valence-corrected chi connectivity index (χ1v) is 8.15. The summed E-state index contributed by atoms with van der Waals surface area (Å²) in [4.78, 5) is 26.1. The number of carbonyl (C=O) groups excluding carboxylic acids is 2. The highest BCUT2D eigenvalue weighted by molar-refractivity contribution is 7.14. The van der Waals surface area contributed by atoms with Crippen molar-refractivity contribution in [1.82, 2.24) is 10.9 Å². The van der Waals surface area contributed by atoms with E-state index in [4.69, 9.17) is 4.74 Å². The van der Waals surface area contributed by atoms with Gasteiger partial charge in [-0.2, -0.15) is 0 Å². The molecule has 6 heteroatoms. The van der Waals surface area contributed by atoms with Crippen LogP contribution < -0.4 is 10.9 Å². The van der Waals surface area contributed by atoms with Crippen LogP contribution in [-0.4, -0.2) is 18.9 Å². The number of hydrogen-bond acceptors (Lipinski definition) is 4. The minimum Gasteiger partial charge on any atom is -0.367 e. The number of aryl methyl sites for hydroxylation is 2. The molecule has 1 heterocycles. The predicted molar refractivity (Wildman–Crippen MR) is 90.2 cm³/mol. The summed E-state index contributed by atoms with van der Waals surface area (Å²) in [5.41, 5.74) is 6.68. The number of rotatable bonds is 5. The van der Waals surface area contributed by atoms with Crippen LogP contribution in [0.4, 0.5) is 0 Å². The van der Waals surface area contributed by atoms with Crippen LogP contribution in [0.25, 0.3) is 0 Å². The van der Waals surface area contributed by atoms with Gasteiger partial charge in [-0.15, -0.1) is 11.3 Å². The molecule has 2 amide bonds.